The van der Waals surface area contributed by atoms with Gasteiger partial charge in [0.15, 0.2) is 0 Å². The zero-order valence-corrected chi connectivity index (χ0v) is 12.2. The summed E-state index contributed by atoms with van der Waals surface area (Å²) in [6.45, 7) is 5.66. The Morgan fingerprint density at radius 1 is 1.30 bits per heavy atom. The molecular weight excluding hydrogens is 267 g/mol. The number of rotatable bonds is 7. The van der Waals surface area contributed by atoms with Crippen LogP contribution in [0.25, 0.3) is 0 Å². The Hall–Kier alpha value is -1.30. The molecule has 0 aliphatic rings. The summed E-state index contributed by atoms with van der Waals surface area (Å²) in [6, 6.07) is 2.82. The van der Waals surface area contributed by atoms with Gasteiger partial charge in [-0.25, -0.2) is 4.98 Å². The molecule has 1 rings (SSSR count). The number of nitrogens with one attached hydrogen (secondary N) is 1. The van der Waals surface area contributed by atoms with E-state index in [2.05, 4.69) is 29.0 Å². The van der Waals surface area contributed by atoms with E-state index in [0.29, 0.717) is 12.6 Å². The number of anilines is 1. The fourth-order valence-corrected chi connectivity index (χ4v) is 1.73. The molecule has 114 valence electrons. The lowest BCUT2D eigenvalue weighted by Crippen LogP contribution is -2.27. The standard InChI is InChI=1S/C14H22F3N3/c1-11(2)20(3)10-5-4-8-18-13-12(14(15,16)17)7-6-9-19-13/h6-7,9,11H,4-5,8,10H2,1-3H3,(H,18,19). The lowest BCUT2D eigenvalue weighted by atomic mass is 10.2. The van der Waals surface area contributed by atoms with Gasteiger partial charge < -0.3 is 10.2 Å². The SMILES string of the molecule is CC(C)N(C)CCCCNc1ncccc1C(F)(F)F. The van der Waals surface area contributed by atoms with Crippen molar-refractivity contribution in [2.75, 3.05) is 25.5 Å². The fourth-order valence-electron chi connectivity index (χ4n) is 1.73. The van der Waals surface area contributed by atoms with Crippen molar-refractivity contribution in [1.29, 1.82) is 0 Å². The average Bonchev–Trinajstić information content (AvgIpc) is 2.37. The van der Waals surface area contributed by atoms with E-state index in [1.165, 1.54) is 12.3 Å². The van der Waals surface area contributed by atoms with E-state index < -0.39 is 11.7 Å². The molecule has 1 aromatic heterocycles. The monoisotopic (exact) mass is 289 g/mol. The first-order chi connectivity index (χ1) is 9.32. The van der Waals surface area contributed by atoms with Crippen LogP contribution in [0.2, 0.25) is 0 Å². The summed E-state index contributed by atoms with van der Waals surface area (Å²) in [5.74, 6) is -0.0859. The molecule has 20 heavy (non-hydrogen) atoms. The van der Waals surface area contributed by atoms with Gasteiger partial charge in [-0.2, -0.15) is 13.2 Å². The molecule has 0 radical (unpaired) electrons. The number of aromatic nitrogens is 1. The lowest BCUT2D eigenvalue weighted by Gasteiger charge is -2.20. The second-order valence-corrected chi connectivity index (χ2v) is 5.11. The van der Waals surface area contributed by atoms with E-state index in [0.717, 1.165) is 25.5 Å². The molecule has 1 aromatic rings. The van der Waals surface area contributed by atoms with E-state index in [4.69, 9.17) is 0 Å². The summed E-state index contributed by atoms with van der Waals surface area (Å²) in [7, 11) is 2.04. The van der Waals surface area contributed by atoms with E-state index >= 15 is 0 Å². The molecule has 0 amide bonds. The first kappa shape index (κ1) is 16.8. The van der Waals surface area contributed by atoms with Gasteiger partial charge in [-0.05, 0) is 52.4 Å². The number of unbranched alkanes of at least 4 members (excludes halogenated alkanes) is 1. The zero-order chi connectivity index (χ0) is 15.2. The van der Waals surface area contributed by atoms with Crippen LogP contribution < -0.4 is 5.32 Å². The first-order valence-electron chi connectivity index (χ1n) is 6.78. The van der Waals surface area contributed by atoms with Gasteiger partial charge in [0.2, 0.25) is 0 Å². The Bertz CT molecular complexity index is 405. The molecule has 0 aliphatic carbocycles. The molecule has 1 N–H and O–H groups in total. The third-order valence-electron chi connectivity index (χ3n) is 3.22. The highest BCUT2D eigenvalue weighted by atomic mass is 19.4. The number of nitrogens with zero attached hydrogens (tertiary/aromatic N) is 2. The number of hydrogen-bond donors (Lipinski definition) is 1. The predicted molar refractivity (Wildman–Crippen MR) is 74.7 cm³/mol. The quantitative estimate of drug-likeness (QED) is 0.777. The third-order valence-corrected chi connectivity index (χ3v) is 3.22. The topological polar surface area (TPSA) is 28.2 Å². The van der Waals surface area contributed by atoms with Crippen LogP contribution in [0.5, 0.6) is 0 Å². The molecule has 0 saturated heterocycles. The Kier molecular flexibility index (Phi) is 6.26. The van der Waals surface area contributed by atoms with Crippen molar-refractivity contribution in [2.45, 2.75) is 38.9 Å². The molecule has 0 atom stereocenters. The predicted octanol–water partition coefficient (Wildman–Crippen LogP) is 3.63. The van der Waals surface area contributed by atoms with Crippen LogP contribution in [0.3, 0.4) is 0 Å². The normalized spacial score (nSPS) is 12.2. The molecule has 1 heterocycles. The summed E-state index contributed by atoms with van der Waals surface area (Å²) in [5, 5.41) is 2.77. The average molecular weight is 289 g/mol. The maximum atomic E-state index is 12.7. The molecule has 0 unspecified atom stereocenters. The van der Waals surface area contributed by atoms with Gasteiger partial charge in [0.05, 0.1) is 5.56 Å². The second-order valence-electron chi connectivity index (χ2n) is 5.11. The summed E-state index contributed by atoms with van der Waals surface area (Å²) in [6.07, 6.45) is -1.25. The highest BCUT2D eigenvalue weighted by Crippen LogP contribution is 2.33. The van der Waals surface area contributed by atoms with Gasteiger partial charge >= 0.3 is 6.18 Å². The van der Waals surface area contributed by atoms with Gasteiger partial charge in [-0.1, -0.05) is 0 Å². The van der Waals surface area contributed by atoms with Gasteiger partial charge in [-0.15, -0.1) is 0 Å². The first-order valence-corrected chi connectivity index (χ1v) is 6.78. The maximum Gasteiger partial charge on any atom is 0.419 e. The highest BCUT2D eigenvalue weighted by molar-refractivity contribution is 5.45. The zero-order valence-electron chi connectivity index (χ0n) is 12.2. The van der Waals surface area contributed by atoms with Gasteiger partial charge in [0.1, 0.15) is 5.82 Å². The highest BCUT2D eigenvalue weighted by Gasteiger charge is 2.33. The van der Waals surface area contributed by atoms with Crippen LogP contribution >= 0.6 is 0 Å². The molecule has 0 saturated carbocycles. The van der Waals surface area contributed by atoms with Crippen LogP contribution in [0.15, 0.2) is 18.3 Å². The van der Waals surface area contributed by atoms with Crippen LogP contribution in [-0.4, -0.2) is 36.1 Å². The molecule has 0 aliphatic heterocycles. The fraction of sp³-hybridized carbons (Fsp3) is 0.643. The van der Waals surface area contributed by atoms with Crippen LogP contribution in [0.1, 0.15) is 32.3 Å². The Balaban J connectivity index is 2.40. The second kappa shape index (κ2) is 7.47. The van der Waals surface area contributed by atoms with E-state index in [9.17, 15) is 13.2 Å². The summed E-state index contributed by atoms with van der Waals surface area (Å²) in [5.41, 5.74) is -0.709. The molecular formula is C14H22F3N3. The molecule has 0 aromatic carbocycles. The van der Waals surface area contributed by atoms with Gasteiger partial charge in [0.25, 0.3) is 0 Å². The van der Waals surface area contributed by atoms with Crippen molar-refractivity contribution in [1.82, 2.24) is 9.88 Å². The lowest BCUT2D eigenvalue weighted by molar-refractivity contribution is -0.137. The van der Waals surface area contributed by atoms with Crippen LogP contribution in [0.4, 0.5) is 19.0 Å². The molecule has 0 spiro atoms. The van der Waals surface area contributed by atoms with Crippen LogP contribution in [0, 0.1) is 0 Å². The number of hydrogen-bond acceptors (Lipinski definition) is 3. The Morgan fingerprint density at radius 2 is 2.00 bits per heavy atom. The minimum absolute atomic E-state index is 0.0859. The molecule has 6 heteroatoms. The van der Waals surface area contributed by atoms with Crippen LogP contribution in [-0.2, 0) is 6.18 Å². The Labute approximate surface area is 118 Å². The summed E-state index contributed by atoms with van der Waals surface area (Å²) >= 11 is 0. The maximum absolute atomic E-state index is 12.7. The van der Waals surface area contributed by atoms with Crippen molar-refractivity contribution in [3.05, 3.63) is 23.9 Å². The van der Waals surface area contributed by atoms with Crippen molar-refractivity contribution in [2.24, 2.45) is 0 Å². The summed E-state index contributed by atoms with van der Waals surface area (Å²) in [4.78, 5) is 5.97. The van der Waals surface area contributed by atoms with E-state index in [-0.39, 0.29) is 5.82 Å². The molecule has 3 nitrogen and oxygen atoms in total. The minimum Gasteiger partial charge on any atom is -0.370 e. The van der Waals surface area contributed by atoms with Crippen molar-refractivity contribution in [3.63, 3.8) is 0 Å². The number of pyridine rings is 1. The van der Waals surface area contributed by atoms with Crippen molar-refractivity contribution in [3.8, 4) is 0 Å². The van der Waals surface area contributed by atoms with Gasteiger partial charge in [0, 0.05) is 18.8 Å². The van der Waals surface area contributed by atoms with Crippen molar-refractivity contribution >= 4 is 5.82 Å². The smallest absolute Gasteiger partial charge is 0.370 e. The Morgan fingerprint density at radius 3 is 2.60 bits per heavy atom. The largest absolute Gasteiger partial charge is 0.419 e. The third kappa shape index (κ3) is 5.36. The van der Waals surface area contributed by atoms with Crippen molar-refractivity contribution < 1.29 is 13.2 Å². The van der Waals surface area contributed by atoms with E-state index in [1.54, 1.807) is 0 Å². The number of alkyl halides is 3. The minimum atomic E-state index is -4.37. The molecule has 0 bridgehead atoms. The van der Waals surface area contributed by atoms with E-state index in [1.807, 2.05) is 7.05 Å². The number of halogens is 3. The molecule has 0 fully saturated rings. The summed E-state index contributed by atoms with van der Waals surface area (Å²) < 4.78 is 38.2. The van der Waals surface area contributed by atoms with Gasteiger partial charge in [-0.3, -0.25) is 0 Å².